The van der Waals surface area contributed by atoms with Gasteiger partial charge in [0.2, 0.25) is 0 Å². The summed E-state index contributed by atoms with van der Waals surface area (Å²) in [5, 5.41) is 11.0. The number of benzene rings is 1. The Labute approximate surface area is 144 Å². The normalized spacial score (nSPS) is 12.1. The third kappa shape index (κ3) is 4.66. The zero-order chi connectivity index (χ0) is 18.4. The molecule has 0 spiro atoms. The van der Waals surface area contributed by atoms with Gasteiger partial charge in [-0.1, -0.05) is 18.2 Å². The Bertz CT molecular complexity index is 797. The maximum Gasteiger partial charge on any atom is 0.342 e. The Balaban J connectivity index is 2.00. The van der Waals surface area contributed by atoms with E-state index in [4.69, 9.17) is 9.47 Å². The molecule has 2 rings (SSSR count). The van der Waals surface area contributed by atoms with Gasteiger partial charge in [-0.15, -0.1) is 0 Å². The summed E-state index contributed by atoms with van der Waals surface area (Å²) in [5.74, 6) is 0.451. The molecule has 8 nitrogen and oxygen atoms in total. The maximum absolute atomic E-state index is 12.0. The molecule has 0 saturated heterocycles. The van der Waals surface area contributed by atoms with Crippen molar-refractivity contribution in [2.45, 2.75) is 26.5 Å². The molecule has 0 radical (unpaired) electrons. The summed E-state index contributed by atoms with van der Waals surface area (Å²) in [6.45, 7) is 3.47. The molecule has 132 valence electrons. The van der Waals surface area contributed by atoms with E-state index in [2.05, 4.69) is 4.98 Å². The summed E-state index contributed by atoms with van der Waals surface area (Å²) in [6.07, 6.45) is 3.52. The highest BCUT2D eigenvalue weighted by Gasteiger charge is 2.21. The van der Waals surface area contributed by atoms with Crippen molar-refractivity contribution in [1.82, 2.24) is 9.55 Å². The Morgan fingerprint density at radius 2 is 2.16 bits per heavy atom. The first-order chi connectivity index (χ1) is 11.9. The molecule has 8 heteroatoms. The lowest BCUT2D eigenvalue weighted by Crippen LogP contribution is -2.21. The number of nitro groups is 1. The van der Waals surface area contributed by atoms with Crippen LogP contribution in [0.15, 0.2) is 36.5 Å². The summed E-state index contributed by atoms with van der Waals surface area (Å²) in [5.41, 5.74) is 0.746. The van der Waals surface area contributed by atoms with Crippen LogP contribution in [0.1, 0.15) is 18.3 Å². The van der Waals surface area contributed by atoms with E-state index < -0.39 is 17.0 Å². The van der Waals surface area contributed by atoms with Gasteiger partial charge in [0.15, 0.2) is 5.82 Å². The zero-order valence-corrected chi connectivity index (χ0v) is 14.2. The number of aryl methyl sites for hydroxylation is 1. The van der Waals surface area contributed by atoms with Crippen LogP contribution in [0.2, 0.25) is 0 Å². The number of hydrogen-bond donors (Lipinski definition) is 0. The minimum absolute atomic E-state index is 0.134. The summed E-state index contributed by atoms with van der Waals surface area (Å²) in [4.78, 5) is 26.3. The molecule has 1 aromatic heterocycles. The van der Waals surface area contributed by atoms with E-state index in [1.807, 2.05) is 18.2 Å². The van der Waals surface area contributed by atoms with Gasteiger partial charge in [-0.05, 0) is 24.0 Å². The lowest BCUT2D eigenvalue weighted by atomic mass is 10.2. The molecular formula is C17H19N3O5. The highest BCUT2D eigenvalue weighted by molar-refractivity contribution is 5.87. The Hall–Kier alpha value is -3.16. The number of imidazole rings is 1. The first-order valence-corrected chi connectivity index (χ1v) is 7.60. The van der Waals surface area contributed by atoms with E-state index in [1.165, 1.54) is 16.8 Å². The van der Waals surface area contributed by atoms with Crippen LogP contribution in [0.3, 0.4) is 0 Å². The number of hydrogen-bond acceptors (Lipinski definition) is 6. The summed E-state index contributed by atoms with van der Waals surface area (Å²) >= 11 is 0. The SMILES string of the molecule is COc1ccccc1/C=C/C(=O)OC(C)Cn1c([N+](=O)[O-])cnc1C. The van der Waals surface area contributed by atoms with Crippen LogP contribution in [0.25, 0.3) is 6.08 Å². The lowest BCUT2D eigenvalue weighted by molar-refractivity contribution is -0.392. The van der Waals surface area contributed by atoms with Crippen LogP contribution in [-0.2, 0) is 16.1 Å². The minimum Gasteiger partial charge on any atom is -0.496 e. The molecule has 2 aromatic rings. The van der Waals surface area contributed by atoms with E-state index in [0.29, 0.717) is 11.6 Å². The maximum atomic E-state index is 12.0. The monoisotopic (exact) mass is 345 g/mol. The molecule has 1 heterocycles. The van der Waals surface area contributed by atoms with Crippen molar-refractivity contribution in [3.63, 3.8) is 0 Å². The smallest absolute Gasteiger partial charge is 0.342 e. The van der Waals surface area contributed by atoms with E-state index >= 15 is 0 Å². The Morgan fingerprint density at radius 3 is 2.84 bits per heavy atom. The molecule has 25 heavy (non-hydrogen) atoms. The third-order valence-electron chi connectivity index (χ3n) is 3.52. The molecule has 0 aliphatic carbocycles. The number of para-hydroxylation sites is 1. The van der Waals surface area contributed by atoms with Gasteiger partial charge in [-0.2, -0.15) is 0 Å². The fourth-order valence-corrected chi connectivity index (χ4v) is 2.32. The average Bonchev–Trinajstić information content (AvgIpc) is 2.94. The van der Waals surface area contributed by atoms with Gasteiger partial charge in [-0.3, -0.25) is 0 Å². The van der Waals surface area contributed by atoms with Gasteiger partial charge in [0.1, 0.15) is 24.6 Å². The number of carbonyl (C=O) groups excluding carboxylic acids is 1. The van der Waals surface area contributed by atoms with E-state index in [-0.39, 0.29) is 12.4 Å². The molecule has 1 atom stereocenters. The van der Waals surface area contributed by atoms with Crippen LogP contribution in [-0.4, -0.2) is 33.7 Å². The molecule has 0 bridgehead atoms. The molecule has 0 saturated carbocycles. The molecule has 0 aliphatic rings. The minimum atomic E-state index is -0.554. The van der Waals surface area contributed by atoms with Crippen molar-refractivity contribution in [3.05, 3.63) is 58.0 Å². The molecule has 0 amide bonds. The predicted octanol–water partition coefficient (Wildman–Crippen LogP) is 2.75. The second-order valence-electron chi connectivity index (χ2n) is 5.35. The van der Waals surface area contributed by atoms with Gasteiger partial charge in [0.05, 0.1) is 7.11 Å². The molecule has 1 unspecified atom stereocenters. The average molecular weight is 345 g/mol. The number of aromatic nitrogens is 2. The molecule has 0 fully saturated rings. The van der Waals surface area contributed by atoms with Gasteiger partial charge in [-0.25, -0.2) is 14.3 Å². The number of nitrogens with zero attached hydrogens (tertiary/aromatic N) is 3. The van der Waals surface area contributed by atoms with Crippen molar-refractivity contribution in [2.24, 2.45) is 0 Å². The van der Waals surface area contributed by atoms with Crippen LogP contribution in [0.4, 0.5) is 5.82 Å². The first kappa shape index (κ1) is 18.2. The van der Waals surface area contributed by atoms with Crippen molar-refractivity contribution >= 4 is 17.9 Å². The molecular weight excluding hydrogens is 326 g/mol. The van der Waals surface area contributed by atoms with Gasteiger partial charge in [0.25, 0.3) is 0 Å². The summed E-state index contributed by atoms with van der Waals surface area (Å²) < 4.78 is 11.9. The predicted molar refractivity (Wildman–Crippen MR) is 91.2 cm³/mol. The summed E-state index contributed by atoms with van der Waals surface area (Å²) in [6, 6.07) is 7.26. The van der Waals surface area contributed by atoms with Crippen molar-refractivity contribution < 1.29 is 19.2 Å². The number of esters is 1. The Kier molecular flexibility index (Phi) is 5.89. The molecule has 0 aliphatic heterocycles. The third-order valence-corrected chi connectivity index (χ3v) is 3.52. The van der Waals surface area contributed by atoms with Gasteiger partial charge >= 0.3 is 11.8 Å². The van der Waals surface area contributed by atoms with Gasteiger partial charge < -0.3 is 19.6 Å². The Morgan fingerprint density at radius 1 is 1.44 bits per heavy atom. The quantitative estimate of drug-likeness (QED) is 0.331. The largest absolute Gasteiger partial charge is 0.496 e. The van der Waals surface area contributed by atoms with Crippen molar-refractivity contribution in [1.29, 1.82) is 0 Å². The standard InChI is InChI=1S/C17H19N3O5/c1-12(11-19-13(2)18-10-16(19)20(22)23)25-17(21)9-8-14-6-4-5-7-15(14)24-3/h4-10,12H,11H2,1-3H3/b9-8+. The van der Waals surface area contributed by atoms with Crippen LogP contribution < -0.4 is 4.74 Å². The number of methoxy groups -OCH3 is 1. The van der Waals surface area contributed by atoms with Crippen LogP contribution >= 0.6 is 0 Å². The number of ether oxygens (including phenoxy) is 2. The topological polar surface area (TPSA) is 96.5 Å². The number of rotatable bonds is 7. The van der Waals surface area contributed by atoms with E-state index in [1.54, 1.807) is 33.1 Å². The van der Waals surface area contributed by atoms with Crippen molar-refractivity contribution in [2.75, 3.05) is 7.11 Å². The van der Waals surface area contributed by atoms with Crippen LogP contribution in [0, 0.1) is 17.0 Å². The fourth-order valence-electron chi connectivity index (χ4n) is 2.32. The highest BCUT2D eigenvalue weighted by atomic mass is 16.6. The van der Waals surface area contributed by atoms with Gasteiger partial charge in [0, 0.05) is 18.6 Å². The lowest BCUT2D eigenvalue weighted by Gasteiger charge is -2.11. The second kappa shape index (κ2) is 8.09. The van der Waals surface area contributed by atoms with E-state index in [9.17, 15) is 14.9 Å². The summed E-state index contributed by atoms with van der Waals surface area (Å²) in [7, 11) is 1.55. The zero-order valence-electron chi connectivity index (χ0n) is 14.2. The highest BCUT2D eigenvalue weighted by Crippen LogP contribution is 2.19. The second-order valence-corrected chi connectivity index (χ2v) is 5.35. The first-order valence-electron chi connectivity index (χ1n) is 7.60. The fraction of sp³-hybridized carbons (Fsp3) is 0.294. The van der Waals surface area contributed by atoms with Crippen LogP contribution in [0.5, 0.6) is 5.75 Å². The molecule has 1 aromatic carbocycles. The van der Waals surface area contributed by atoms with E-state index in [0.717, 1.165) is 5.56 Å². The molecule has 0 N–H and O–H groups in total. The number of carbonyl (C=O) groups is 1. The van der Waals surface area contributed by atoms with Crippen molar-refractivity contribution in [3.8, 4) is 5.75 Å².